The van der Waals surface area contributed by atoms with Crippen LogP contribution in [0, 0.1) is 18.8 Å². The Morgan fingerprint density at radius 1 is 0.967 bits per heavy atom. The molecule has 2 aromatic carbocycles. The van der Waals surface area contributed by atoms with E-state index in [9.17, 15) is 0 Å². The van der Waals surface area contributed by atoms with Crippen LogP contribution in [0.2, 0.25) is 0 Å². The van der Waals surface area contributed by atoms with Gasteiger partial charge in [-0.05, 0) is 84.6 Å². The molecule has 1 nitrogen and oxygen atoms in total. The smallest absolute Gasteiger partial charge is 0.201 e. The average molecular weight is 397 g/mol. The van der Waals surface area contributed by atoms with E-state index in [-0.39, 0.29) is 0 Å². The predicted molar refractivity (Wildman–Crippen MR) is 125 cm³/mol. The number of hydrogen-bond donors (Lipinski definition) is 0. The van der Waals surface area contributed by atoms with Gasteiger partial charge < -0.3 is 0 Å². The van der Waals surface area contributed by atoms with E-state index in [1.165, 1.54) is 66.5 Å². The molecule has 30 heavy (non-hydrogen) atoms. The monoisotopic (exact) mass is 396 g/mol. The minimum Gasteiger partial charge on any atom is -0.201 e. The lowest BCUT2D eigenvalue weighted by molar-refractivity contribution is -0.660. The van der Waals surface area contributed by atoms with Crippen molar-refractivity contribution in [3.8, 4) is 22.4 Å². The van der Waals surface area contributed by atoms with Crippen molar-refractivity contribution in [3.63, 3.8) is 0 Å². The highest BCUT2D eigenvalue weighted by Gasteiger charge is 2.46. The molecule has 1 aromatic heterocycles. The summed E-state index contributed by atoms with van der Waals surface area (Å²) in [6.07, 6.45) is 10.6. The highest BCUT2D eigenvalue weighted by Crippen LogP contribution is 2.55. The van der Waals surface area contributed by atoms with Crippen molar-refractivity contribution in [2.24, 2.45) is 18.9 Å². The first-order valence-electron chi connectivity index (χ1n) is 11.7. The number of aromatic nitrogens is 1. The van der Waals surface area contributed by atoms with Crippen LogP contribution in [0.15, 0.2) is 66.9 Å². The van der Waals surface area contributed by atoms with Gasteiger partial charge in [0.2, 0.25) is 5.69 Å². The van der Waals surface area contributed by atoms with Crippen molar-refractivity contribution in [2.75, 3.05) is 0 Å². The molecule has 0 saturated heterocycles. The third-order valence-corrected chi connectivity index (χ3v) is 8.01. The van der Waals surface area contributed by atoms with Gasteiger partial charge in [-0.1, -0.05) is 55.8 Å². The Labute approximate surface area is 181 Å². The number of benzene rings is 2. The van der Waals surface area contributed by atoms with Crippen LogP contribution in [0.4, 0.5) is 0 Å². The van der Waals surface area contributed by atoms with Crippen LogP contribution in [0.5, 0.6) is 0 Å². The lowest BCUT2D eigenvalue weighted by Crippen LogP contribution is -2.31. The average Bonchev–Trinajstić information content (AvgIpc) is 3.09. The SMILES string of the molecule is CCC1CC2CCC(c3cccc(-c4cc[n+](C)c(-c5ccccc5C)c4)c3)(C1)C2. The van der Waals surface area contributed by atoms with E-state index < -0.39 is 0 Å². The molecule has 1 heteroatoms. The molecule has 2 aliphatic rings. The topological polar surface area (TPSA) is 3.88 Å². The number of fused-ring (bicyclic) bond motifs is 2. The number of aryl methyl sites for hydroxylation is 2. The molecule has 1 heterocycles. The van der Waals surface area contributed by atoms with E-state index in [0.29, 0.717) is 5.41 Å². The number of pyridine rings is 1. The van der Waals surface area contributed by atoms with Gasteiger partial charge in [-0.3, -0.25) is 0 Å². The summed E-state index contributed by atoms with van der Waals surface area (Å²) in [5, 5.41) is 0. The number of nitrogens with zero attached hydrogens (tertiary/aromatic N) is 1. The van der Waals surface area contributed by atoms with E-state index in [1.807, 2.05) is 0 Å². The maximum Gasteiger partial charge on any atom is 0.213 e. The van der Waals surface area contributed by atoms with Crippen LogP contribution in [-0.2, 0) is 12.5 Å². The van der Waals surface area contributed by atoms with Crippen LogP contribution in [0.1, 0.15) is 56.6 Å². The van der Waals surface area contributed by atoms with E-state index >= 15 is 0 Å². The second-order valence-electron chi connectivity index (χ2n) is 9.91. The van der Waals surface area contributed by atoms with Crippen LogP contribution < -0.4 is 4.57 Å². The van der Waals surface area contributed by atoms with Gasteiger partial charge in [0.05, 0.1) is 0 Å². The molecule has 154 valence electrons. The summed E-state index contributed by atoms with van der Waals surface area (Å²) in [4.78, 5) is 0. The highest BCUT2D eigenvalue weighted by molar-refractivity contribution is 5.70. The molecule has 0 spiro atoms. The van der Waals surface area contributed by atoms with Gasteiger partial charge in [0.25, 0.3) is 0 Å². The predicted octanol–water partition coefficient (Wildman–Crippen LogP) is 7.01. The third kappa shape index (κ3) is 3.39. The molecule has 0 N–H and O–H groups in total. The molecule has 3 atom stereocenters. The molecule has 2 bridgehead atoms. The van der Waals surface area contributed by atoms with Gasteiger partial charge in [0.15, 0.2) is 6.20 Å². The lowest BCUT2D eigenvalue weighted by Gasteiger charge is -2.38. The quantitative estimate of drug-likeness (QED) is 0.418. The van der Waals surface area contributed by atoms with Gasteiger partial charge in [0, 0.05) is 17.7 Å². The van der Waals surface area contributed by atoms with E-state index in [2.05, 4.69) is 92.3 Å². The molecule has 2 saturated carbocycles. The van der Waals surface area contributed by atoms with Crippen molar-refractivity contribution in [2.45, 2.75) is 57.8 Å². The van der Waals surface area contributed by atoms with Gasteiger partial charge in [0.1, 0.15) is 7.05 Å². The fourth-order valence-electron chi connectivity index (χ4n) is 6.33. The Morgan fingerprint density at radius 2 is 1.80 bits per heavy atom. The Kier molecular flexibility index (Phi) is 5.01. The summed E-state index contributed by atoms with van der Waals surface area (Å²) in [6, 6.07) is 22.8. The summed E-state index contributed by atoms with van der Waals surface area (Å²) in [7, 11) is 2.15. The zero-order chi connectivity index (χ0) is 20.7. The first kappa shape index (κ1) is 19.5. The fraction of sp³-hybridized carbons (Fsp3) is 0.414. The zero-order valence-corrected chi connectivity index (χ0v) is 18.7. The summed E-state index contributed by atoms with van der Waals surface area (Å²) in [6.45, 7) is 4.59. The third-order valence-electron chi connectivity index (χ3n) is 8.01. The Bertz CT molecular complexity index is 1070. The maximum absolute atomic E-state index is 2.51. The van der Waals surface area contributed by atoms with E-state index in [0.717, 1.165) is 11.8 Å². The van der Waals surface area contributed by atoms with Crippen molar-refractivity contribution in [1.82, 2.24) is 0 Å². The molecule has 2 aliphatic carbocycles. The molecular formula is C29H34N+. The van der Waals surface area contributed by atoms with Gasteiger partial charge in [-0.15, -0.1) is 0 Å². The van der Waals surface area contributed by atoms with Crippen LogP contribution >= 0.6 is 0 Å². The van der Waals surface area contributed by atoms with Crippen LogP contribution in [-0.4, -0.2) is 0 Å². The molecule has 3 aromatic rings. The van der Waals surface area contributed by atoms with Crippen LogP contribution in [0.3, 0.4) is 0 Å². The molecule has 0 aliphatic heterocycles. The van der Waals surface area contributed by atoms with E-state index in [4.69, 9.17) is 0 Å². The maximum atomic E-state index is 2.51. The molecule has 0 amide bonds. The lowest BCUT2D eigenvalue weighted by atomic mass is 9.66. The molecule has 2 fully saturated rings. The number of hydrogen-bond acceptors (Lipinski definition) is 0. The molecular weight excluding hydrogens is 362 g/mol. The zero-order valence-electron chi connectivity index (χ0n) is 18.7. The minimum absolute atomic E-state index is 0.428. The molecule has 0 radical (unpaired) electrons. The normalized spacial score (nSPS) is 25.4. The first-order valence-corrected chi connectivity index (χ1v) is 11.7. The fourth-order valence-corrected chi connectivity index (χ4v) is 6.33. The van der Waals surface area contributed by atoms with Gasteiger partial charge in [-0.2, -0.15) is 0 Å². The molecule has 3 unspecified atom stereocenters. The Hall–Kier alpha value is -2.41. The van der Waals surface area contributed by atoms with Crippen molar-refractivity contribution in [1.29, 1.82) is 0 Å². The number of rotatable bonds is 4. The van der Waals surface area contributed by atoms with Crippen LogP contribution in [0.25, 0.3) is 22.4 Å². The summed E-state index contributed by atoms with van der Waals surface area (Å²) < 4.78 is 2.24. The van der Waals surface area contributed by atoms with Gasteiger partial charge in [-0.25, -0.2) is 4.57 Å². The second-order valence-corrected chi connectivity index (χ2v) is 9.91. The summed E-state index contributed by atoms with van der Waals surface area (Å²) in [5.74, 6) is 1.87. The summed E-state index contributed by atoms with van der Waals surface area (Å²) in [5.41, 5.74) is 8.61. The van der Waals surface area contributed by atoms with Crippen molar-refractivity contribution >= 4 is 0 Å². The van der Waals surface area contributed by atoms with Crippen molar-refractivity contribution in [3.05, 3.63) is 78.0 Å². The minimum atomic E-state index is 0.428. The Balaban J connectivity index is 1.54. The van der Waals surface area contributed by atoms with E-state index in [1.54, 1.807) is 5.56 Å². The summed E-state index contributed by atoms with van der Waals surface area (Å²) >= 11 is 0. The standard InChI is InChI=1S/C29H34N/c1-4-22-16-23-12-14-29(19-22,20-23)26-10-7-9-24(17-26)25-13-15-30(3)28(18-25)27-11-6-5-8-21(27)2/h5-11,13,15,17-18,22-23H,4,12,14,16,19-20H2,1-3H3/q+1. The van der Waals surface area contributed by atoms with Gasteiger partial charge >= 0.3 is 0 Å². The molecule has 5 rings (SSSR count). The highest BCUT2D eigenvalue weighted by atomic mass is 14.9. The second kappa shape index (κ2) is 7.69. The first-order chi connectivity index (χ1) is 14.6. The largest absolute Gasteiger partial charge is 0.213 e. The Morgan fingerprint density at radius 3 is 2.63 bits per heavy atom. The van der Waals surface area contributed by atoms with Crippen molar-refractivity contribution < 1.29 is 4.57 Å².